The van der Waals surface area contributed by atoms with E-state index in [2.05, 4.69) is 0 Å². The van der Waals surface area contributed by atoms with Crippen molar-refractivity contribution in [3.63, 3.8) is 0 Å². The molecule has 1 atom stereocenters. The third-order valence-electron chi connectivity index (χ3n) is 3.56. The Morgan fingerprint density at radius 1 is 1.37 bits per heavy atom. The number of methoxy groups -OCH3 is 1. The van der Waals surface area contributed by atoms with E-state index in [1.807, 2.05) is 32.9 Å². The second kappa shape index (κ2) is 5.74. The molecule has 0 aromatic heterocycles. The zero-order valence-electron chi connectivity index (χ0n) is 12.2. The average molecular weight is 262 g/mol. The van der Waals surface area contributed by atoms with Crippen LogP contribution in [0.4, 0.5) is 0 Å². The third kappa shape index (κ3) is 2.98. The van der Waals surface area contributed by atoms with Gasteiger partial charge in [0.2, 0.25) is 0 Å². The topological polar surface area (TPSA) is 35.5 Å². The van der Waals surface area contributed by atoms with Crippen LogP contribution in [0.25, 0.3) is 0 Å². The molecule has 1 fully saturated rings. The molecule has 0 N–H and O–H groups in total. The Morgan fingerprint density at radius 3 is 2.58 bits per heavy atom. The summed E-state index contributed by atoms with van der Waals surface area (Å²) in [4.78, 5) is 12.7. The second-order valence-corrected chi connectivity index (χ2v) is 5.24. The lowest BCUT2D eigenvalue weighted by Gasteiger charge is -2.19. The molecule has 0 bridgehead atoms. The Kier molecular flexibility index (Phi) is 4.25. The molecule has 0 saturated heterocycles. The molecule has 19 heavy (non-hydrogen) atoms. The van der Waals surface area contributed by atoms with Gasteiger partial charge in [-0.3, -0.25) is 4.79 Å². The summed E-state index contributed by atoms with van der Waals surface area (Å²) in [5.74, 6) is 1.12. The summed E-state index contributed by atoms with van der Waals surface area (Å²) in [6, 6.07) is 3.93. The highest BCUT2D eigenvalue weighted by molar-refractivity contribution is 6.03. The number of carbonyl (C=O) groups is 1. The summed E-state index contributed by atoms with van der Waals surface area (Å²) in [5.41, 5.74) is 2.75. The van der Waals surface area contributed by atoms with E-state index in [4.69, 9.17) is 9.47 Å². The summed E-state index contributed by atoms with van der Waals surface area (Å²) >= 11 is 0. The molecule has 1 aromatic carbocycles. The van der Waals surface area contributed by atoms with Gasteiger partial charge in [-0.05, 0) is 56.7 Å². The molecule has 1 saturated carbocycles. The van der Waals surface area contributed by atoms with Crippen LogP contribution in [0.1, 0.15) is 41.3 Å². The molecule has 3 nitrogen and oxygen atoms in total. The molecule has 0 heterocycles. The quantitative estimate of drug-likeness (QED) is 0.738. The lowest BCUT2D eigenvalue weighted by atomic mass is 9.96. The number of carbonyl (C=O) groups excluding carboxylic acids is 1. The van der Waals surface area contributed by atoms with Gasteiger partial charge in [-0.25, -0.2) is 0 Å². The minimum Gasteiger partial charge on any atom is -0.496 e. The van der Waals surface area contributed by atoms with Crippen molar-refractivity contribution in [1.82, 2.24) is 0 Å². The number of ketones is 1. The Morgan fingerprint density at radius 2 is 2.05 bits per heavy atom. The van der Waals surface area contributed by atoms with Gasteiger partial charge in [-0.15, -0.1) is 0 Å². The maximum Gasteiger partial charge on any atom is 0.195 e. The Bertz CT molecular complexity index is 475. The van der Waals surface area contributed by atoms with Crippen LogP contribution in [0.3, 0.4) is 0 Å². The molecule has 1 aliphatic carbocycles. The first-order chi connectivity index (χ1) is 9.08. The van der Waals surface area contributed by atoms with Gasteiger partial charge < -0.3 is 9.47 Å². The van der Waals surface area contributed by atoms with E-state index < -0.39 is 0 Å². The number of benzene rings is 1. The molecule has 1 aromatic rings. The van der Waals surface area contributed by atoms with Crippen LogP contribution in [-0.2, 0) is 4.74 Å². The van der Waals surface area contributed by atoms with Crippen LogP contribution in [-0.4, -0.2) is 25.6 Å². The SMILES string of the molecule is CCOC(C(=O)c1c(C)cc(C)cc1OC)C1CC1. The number of hydrogen-bond acceptors (Lipinski definition) is 3. The minimum atomic E-state index is -0.305. The van der Waals surface area contributed by atoms with Crippen LogP contribution in [0, 0.1) is 19.8 Å². The summed E-state index contributed by atoms with van der Waals surface area (Å²) in [5, 5.41) is 0. The van der Waals surface area contributed by atoms with E-state index in [9.17, 15) is 4.79 Å². The smallest absolute Gasteiger partial charge is 0.195 e. The van der Waals surface area contributed by atoms with Crippen molar-refractivity contribution < 1.29 is 14.3 Å². The highest BCUT2D eigenvalue weighted by atomic mass is 16.5. The van der Waals surface area contributed by atoms with E-state index in [0.29, 0.717) is 23.8 Å². The van der Waals surface area contributed by atoms with Crippen LogP contribution in [0.5, 0.6) is 5.75 Å². The number of Topliss-reactive ketones (excluding diaryl/α,β-unsaturated/α-hetero) is 1. The molecule has 0 radical (unpaired) electrons. The summed E-state index contributed by atoms with van der Waals surface area (Å²) < 4.78 is 11.0. The normalized spacial score (nSPS) is 16.2. The highest BCUT2D eigenvalue weighted by Crippen LogP contribution is 2.37. The predicted octanol–water partition coefficient (Wildman–Crippen LogP) is 3.31. The predicted molar refractivity (Wildman–Crippen MR) is 74.9 cm³/mol. The molecule has 1 unspecified atom stereocenters. The number of hydrogen-bond donors (Lipinski definition) is 0. The molecule has 104 valence electrons. The maximum atomic E-state index is 12.7. The second-order valence-electron chi connectivity index (χ2n) is 5.24. The van der Waals surface area contributed by atoms with Crippen LogP contribution in [0.2, 0.25) is 0 Å². The third-order valence-corrected chi connectivity index (χ3v) is 3.56. The van der Waals surface area contributed by atoms with Crippen molar-refractivity contribution in [2.45, 2.75) is 39.7 Å². The molecular formula is C16H22O3. The lowest BCUT2D eigenvalue weighted by molar-refractivity contribution is 0.0371. The van der Waals surface area contributed by atoms with Crippen molar-refractivity contribution in [2.24, 2.45) is 5.92 Å². The Balaban J connectivity index is 2.36. The van der Waals surface area contributed by atoms with Crippen molar-refractivity contribution in [3.05, 3.63) is 28.8 Å². The van der Waals surface area contributed by atoms with Gasteiger partial charge in [-0.2, -0.15) is 0 Å². The first-order valence-electron chi connectivity index (χ1n) is 6.89. The van der Waals surface area contributed by atoms with Gasteiger partial charge in [0, 0.05) is 6.61 Å². The zero-order chi connectivity index (χ0) is 14.0. The first kappa shape index (κ1) is 14.1. The molecule has 0 amide bonds. The zero-order valence-corrected chi connectivity index (χ0v) is 12.2. The fourth-order valence-electron chi connectivity index (χ4n) is 2.55. The summed E-state index contributed by atoms with van der Waals surface area (Å²) in [6.07, 6.45) is 1.87. The fraction of sp³-hybridized carbons (Fsp3) is 0.562. The van der Waals surface area contributed by atoms with Crippen molar-refractivity contribution in [3.8, 4) is 5.75 Å². The van der Waals surface area contributed by atoms with Gasteiger partial charge in [0.1, 0.15) is 11.9 Å². The van der Waals surface area contributed by atoms with Crippen molar-refractivity contribution in [1.29, 1.82) is 0 Å². The van der Waals surface area contributed by atoms with Gasteiger partial charge in [-0.1, -0.05) is 6.07 Å². The van der Waals surface area contributed by atoms with Crippen LogP contribution < -0.4 is 4.74 Å². The van der Waals surface area contributed by atoms with E-state index in [1.165, 1.54) is 0 Å². The monoisotopic (exact) mass is 262 g/mol. The van der Waals surface area contributed by atoms with E-state index >= 15 is 0 Å². The van der Waals surface area contributed by atoms with Crippen molar-refractivity contribution in [2.75, 3.05) is 13.7 Å². The minimum absolute atomic E-state index is 0.0682. The summed E-state index contributed by atoms with van der Waals surface area (Å²) in [6.45, 7) is 6.46. The first-order valence-corrected chi connectivity index (χ1v) is 6.89. The Hall–Kier alpha value is -1.35. The molecule has 2 rings (SSSR count). The van der Waals surface area contributed by atoms with Gasteiger partial charge in [0.05, 0.1) is 12.7 Å². The lowest BCUT2D eigenvalue weighted by Crippen LogP contribution is -2.27. The molecular weight excluding hydrogens is 240 g/mol. The number of aryl methyl sites for hydroxylation is 2. The summed E-state index contributed by atoms with van der Waals surface area (Å²) in [7, 11) is 1.61. The molecule has 3 heteroatoms. The molecule has 0 aliphatic heterocycles. The van der Waals surface area contributed by atoms with Crippen molar-refractivity contribution >= 4 is 5.78 Å². The molecule has 0 spiro atoms. The maximum absolute atomic E-state index is 12.7. The van der Waals surface area contributed by atoms with E-state index in [-0.39, 0.29) is 11.9 Å². The highest BCUT2D eigenvalue weighted by Gasteiger charge is 2.38. The Labute approximate surface area is 114 Å². The standard InChI is InChI=1S/C16H22O3/c1-5-19-16(12-6-7-12)15(17)14-11(3)8-10(2)9-13(14)18-4/h8-9,12,16H,5-7H2,1-4H3. The number of rotatable bonds is 6. The number of ether oxygens (including phenoxy) is 2. The fourth-order valence-corrected chi connectivity index (χ4v) is 2.55. The van der Waals surface area contributed by atoms with Crippen LogP contribution in [0.15, 0.2) is 12.1 Å². The van der Waals surface area contributed by atoms with E-state index in [0.717, 1.165) is 24.0 Å². The van der Waals surface area contributed by atoms with Gasteiger partial charge in [0.25, 0.3) is 0 Å². The van der Waals surface area contributed by atoms with Gasteiger partial charge in [0.15, 0.2) is 5.78 Å². The largest absolute Gasteiger partial charge is 0.496 e. The van der Waals surface area contributed by atoms with E-state index in [1.54, 1.807) is 7.11 Å². The van der Waals surface area contributed by atoms with Crippen LogP contribution >= 0.6 is 0 Å². The van der Waals surface area contributed by atoms with Gasteiger partial charge >= 0.3 is 0 Å². The molecule has 1 aliphatic rings. The average Bonchev–Trinajstić information content (AvgIpc) is 3.18.